The Hall–Kier alpha value is -2.21. The van der Waals surface area contributed by atoms with E-state index in [1.165, 1.54) is 0 Å². The third-order valence-electron chi connectivity index (χ3n) is 4.22. The maximum absolute atomic E-state index is 4.65. The SMILES string of the molecule is c1ccc2[nH]c(CN3CCC(c4ncn[nH]4)CC3)nc2c1. The maximum Gasteiger partial charge on any atom is 0.137 e. The summed E-state index contributed by atoms with van der Waals surface area (Å²) in [4.78, 5) is 14.8. The van der Waals surface area contributed by atoms with Gasteiger partial charge in [0, 0.05) is 5.92 Å². The first-order valence-corrected chi connectivity index (χ1v) is 7.40. The van der Waals surface area contributed by atoms with Crippen molar-refractivity contribution in [1.29, 1.82) is 0 Å². The quantitative estimate of drug-likeness (QED) is 0.771. The van der Waals surface area contributed by atoms with Crippen LogP contribution in [0.25, 0.3) is 11.0 Å². The molecule has 6 heteroatoms. The molecule has 0 atom stereocenters. The molecular formula is C15H18N6. The Balaban J connectivity index is 1.40. The Labute approximate surface area is 122 Å². The van der Waals surface area contributed by atoms with Crippen LogP contribution >= 0.6 is 0 Å². The van der Waals surface area contributed by atoms with Gasteiger partial charge in [0.1, 0.15) is 18.0 Å². The van der Waals surface area contributed by atoms with Crippen molar-refractivity contribution in [3.8, 4) is 0 Å². The van der Waals surface area contributed by atoms with Crippen LogP contribution in [0.5, 0.6) is 0 Å². The molecule has 0 amide bonds. The number of piperidine rings is 1. The number of H-pyrrole nitrogens is 2. The lowest BCUT2D eigenvalue weighted by Crippen LogP contribution is -2.33. The van der Waals surface area contributed by atoms with E-state index < -0.39 is 0 Å². The number of benzene rings is 1. The molecule has 2 N–H and O–H groups in total. The lowest BCUT2D eigenvalue weighted by molar-refractivity contribution is 0.198. The Morgan fingerprint density at radius 2 is 2.05 bits per heavy atom. The van der Waals surface area contributed by atoms with Gasteiger partial charge < -0.3 is 4.98 Å². The fourth-order valence-electron chi connectivity index (χ4n) is 3.07. The van der Waals surface area contributed by atoms with Gasteiger partial charge in [-0.15, -0.1) is 0 Å². The fourth-order valence-corrected chi connectivity index (χ4v) is 3.07. The van der Waals surface area contributed by atoms with Gasteiger partial charge in [0.15, 0.2) is 0 Å². The van der Waals surface area contributed by atoms with E-state index in [-0.39, 0.29) is 0 Å². The van der Waals surface area contributed by atoms with Gasteiger partial charge in [0.05, 0.1) is 17.6 Å². The molecule has 1 aliphatic rings. The van der Waals surface area contributed by atoms with Gasteiger partial charge in [0.25, 0.3) is 0 Å². The van der Waals surface area contributed by atoms with Crippen LogP contribution in [0.1, 0.15) is 30.4 Å². The first kappa shape index (κ1) is 12.5. The molecule has 1 aromatic carbocycles. The molecule has 1 fully saturated rings. The van der Waals surface area contributed by atoms with E-state index >= 15 is 0 Å². The molecule has 0 radical (unpaired) electrons. The van der Waals surface area contributed by atoms with E-state index in [0.29, 0.717) is 5.92 Å². The van der Waals surface area contributed by atoms with Gasteiger partial charge in [0.2, 0.25) is 0 Å². The van der Waals surface area contributed by atoms with Crippen LogP contribution < -0.4 is 0 Å². The van der Waals surface area contributed by atoms with Crippen molar-refractivity contribution in [2.75, 3.05) is 13.1 Å². The van der Waals surface area contributed by atoms with Gasteiger partial charge in [-0.25, -0.2) is 9.97 Å². The third-order valence-corrected chi connectivity index (χ3v) is 4.22. The predicted octanol–water partition coefficient (Wildman–Crippen LogP) is 2.06. The van der Waals surface area contributed by atoms with Crippen molar-refractivity contribution in [2.45, 2.75) is 25.3 Å². The van der Waals surface area contributed by atoms with Crippen molar-refractivity contribution in [3.63, 3.8) is 0 Å². The number of para-hydroxylation sites is 2. The highest BCUT2D eigenvalue weighted by Crippen LogP contribution is 2.25. The summed E-state index contributed by atoms with van der Waals surface area (Å²) in [5.74, 6) is 2.59. The maximum atomic E-state index is 4.65. The number of nitrogens with one attached hydrogen (secondary N) is 2. The third kappa shape index (κ3) is 2.54. The van der Waals surface area contributed by atoms with E-state index in [9.17, 15) is 0 Å². The molecule has 3 heterocycles. The number of likely N-dealkylation sites (tertiary alicyclic amines) is 1. The van der Waals surface area contributed by atoms with Gasteiger partial charge in [-0.1, -0.05) is 12.1 Å². The molecule has 21 heavy (non-hydrogen) atoms. The number of imidazole rings is 1. The van der Waals surface area contributed by atoms with Crippen molar-refractivity contribution < 1.29 is 0 Å². The molecule has 2 aromatic heterocycles. The minimum atomic E-state index is 0.513. The highest BCUT2D eigenvalue weighted by molar-refractivity contribution is 5.74. The average molecular weight is 282 g/mol. The first-order chi connectivity index (χ1) is 10.4. The second-order valence-corrected chi connectivity index (χ2v) is 5.62. The van der Waals surface area contributed by atoms with Crippen molar-refractivity contribution in [3.05, 3.63) is 42.2 Å². The molecular weight excluding hydrogens is 264 g/mol. The van der Waals surface area contributed by atoms with E-state index in [0.717, 1.165) is 55.2 Å². The lowest BCUT2D eigenvalue weighted by Gasteiger charge is -2.30. The summed E-state index contributed by atoms with van der Waals surface area (Å²) in [5, 5.41) is 6.93. The van der Waals surface area contributed by atoms with Gasteiger partial charge >= 0.3 is 0 Å². The number of rotatable bonds is 3. The fraction of sp³-hybridized carbons (Fsp3) is 0.400. The molecule has 1 aliphatic heterocycles. The van der Waals surface area contributed by atoms with Crippen molar-refractivity contribution in [2.24, 2.45) is 0 Å². The number of aromatic nitrogens is 5. The minimum Gasteiger partial charge on any atom is -0.341 e. The Morgan fingerprint density at radius 3 is 2.81 bits per heavy atom. The highest BCUT2D eigenvalue weighted by Gasteiger charge is 2.23. The number of hydrogen-bond donors (Lipinski definition) is 2. The van der Waals surface area contributed by atoms with Crippen molar-refractivity contribution >= 4 is 11.0 Å². The molecule has 6 nitrogen and oxygen atoms in total. The molecule has 0 spiro atoms. The summed E-state index contributed by atoms with van der Waals surface area (Å²) in [7, 11) is 0. The lowest BCUT2D eigenvalue weighted by atomic mass is 9.96. The molecule has 108 valence electrons. The Bertz CT molecular complexity index is 676. The highest BCUT2D eigenvalue weighted by atomic mass is 15.2. The largest absolute Gasteiger partial charge is 0.341 e. The summed E-state index contributed by atoms with van der Waals surface area (Å²) in [6, 6.07) is 8.18. The van der Waals surface area contributed by atoms with Crippen LogP contribution in [0, 0.1) is 0 Å². The number of aromatic amines is 2. The zero-order valence-electron chi connectivity index (χ0n) is 11.8. The van der Waals surface area contributed by atoms with E-state index in [1.54, 1.807) is 6.33 Å². The summed E-state index contributed by atoms with van der Waals surface area (Å²) >= 11 is 0. The molecule has 1 saturated heterocycles. The standard InChI is InChI=1S/C15H18N6/c1-2-4-13-12(3-1)18-14(19-13)9-21-7-5-11(6-8-21)15-16-10-17-20-15/h1-4,10-11H,5-9H2,(H,18,19)(H,16,17,20). The number of hydrogen-bond acceptors (Lipinski definition) is 4. The summed E-state index contributed by atoms with van der Waals surface area (Å²) in [6.07, 6.45) is 3.83. The van der Waals surface area contributed by atoms with Gasteiger partial charge in [-0.3, -0.25) is 10.00 Å². The van der Waals surface area contributed by atoms with Crippen LogP contribution in [0.4, 0.5) is 0 Å². The summed E-state index contributed by atoms with van der Waals surface area (Å²) < 4.78 is 0. The normalized spacial score (nSPS) is 17.5. The van der Waals surface area contributed by atoms with Crippen LogP contribution in [0.3, 0.4) is 0 Å². The summed E-state index contributed by atoms with van der Waals surface area (Å²) in [5.41, 5.74) is 2.16. The predicted molar refractivity (Wildman–Crippen MR) is 79.7 cm³/mol. The number of fused-ring (bicyclic) bond motifs is 1. The molecule has 4 rings (SSSR count). The van der Waals surface area contributed by atoms with Gasteiger partial charge in [-0.2, -0.15) is 5.10 Å². The molecule has 3 aromatic rings. The van der Waals surface area contributed by atoms with E-state index in [4.69, 9.17) is 0 Å². The molecule has 0 bridgehead atoms. The zero-order valence-corrected chi connectivity index (χ0v) is 11.8. The Morgan fingerprint density at radius 1 is 1.19 bits per heavy atom. The van der Waals surface area contributed by atoms with E-state index in [2.05, 4.69) is 36.1 Å². The number of nitrogens with zero attached hydrogens (tertiary/aromatic N) is 4. The topological polar surface area (TPSA) is 73.5 Å². The van der Waals surface area contributed by atoms with E-state index in [1.807, 2.05) is 18.2 Å². The smallest absolute Gasteiger partial charge is 0.137 e. The van der Waals surface area contributed by atoms with Crippen LogP contribution in [0.2, 0.25) is 0 Å². The first-order valence-electron chi connectivity index (χ1n) is 7.40. The Kier molecular flexibility index (Phi) is 3.16. The van der Waals surface area contributed by atoms with Crippen molar-refractivity contribution in [1.82, 2.24) is 30.0 Å². The monoisotopic (exact) mass is 282 g/mol. The molecule has 0 unspecified atom stereocenters. The second-order valence-electron chi connectivity index (χ2n) is 5.62. The minimum absolute atomic E-state index is 0.513. The zero-order chi connectivity index (χ0) is 14.1. The molecule has 0 saturated carbocycles. The average Bonchev–Trinajstić information content (AvgIpc) is 3.17. The molecule has 0 aliphatic carbocycles. The van der Waals surface area contributed by atoms with Gasteiger partial charge in [-0.05, 0) is 38.1 Å². The van der Waals surface area contributed by atoms with Crippen LogP contribution in [0.15, 0.2) is 30.6 Å². The van der Waals surface area contributed by atoms with Crippen LogP contribution in [-0.2, 0) is 6.54 Å². The summed E-state index contributed by atoms with van der Waals surface area (Å²) in [6.45, 7) is 3.03. The van der Waals surface area contributed by atoms with Crippen LogP contribution in [-0.4, -0.2) is 43.1 Å². The second kappa shape index (κ2) is 5.29.